The van der Waals surface area contributed by atoms with Crippen molar-refractivity contribution >= 4 is 26.4 Å². The monoisotopic (exact) mass is 363 g/mol. The Labute approximate surface area is 141 Å². The third kappa shape index (κ3) is 3.38. The van der Waals surface area contributed by atoms with Gasteiger partial charge in [-0.15, -0.1) is 0 Å². The van der Waals surface area contributed by atoms with E-state index in [2.05, 4.69) is 9.97 Å². The molecule has 2 aromatic carbocycles. The van der Waals surface area contributed by atoms with E-state index < -0.39 is 26.3 Å². The van der Waals surface area contributed by atoms with Crippen LogP contribution in [0.1, 0.15) is 0 Å². The van der Waals surface area contributed by atoms with Crippen molar-refractivity contribution in [3.8, 4) is 11.6 Å². The van der Waals surface area contributed by atoms with Gasteiger partial charge in [0.25, 0.3) is 0 Å². The van der Waals surface area contributed by atoms with Crippen molar-refractivity contribution in [3.05, 3.63) is 58.7 Å². The second kappa shape index (κ2) is 6.06. The summed E-state index contributed by atoms with van der Waals surface area (Å²) in [5.74, 6) is -1.09. The first-order valence-corrected chi connectivity index (χ1v) is 8.71. The molecule has 8 nitrogen and oxygen atoms in total. The third-order valence-corrected chi connectivity index (χ3v) is 4.43. The molecule has 0 amide bonds. The van der Waals surface area contributed by atoms with Gasteiger partial charge in [-0.1, -0.05) is 0 Å². The number of halogens is 1. The second-order valence-corrected chi connectivity index (χ2v) is 7.12. The number of aromatic nitrogens is 2. The highest BCUT2D eigenvalue weighted by atomic mass is 32.2. The minimum atomic E-state index is -3.48. The molecule has 1 aromatic heterocycles. The van der Waals surface area contributed by atoms with Gasteiger partial charge >= 0.3 is 5.69 Å². The first-order valence-electron chi connectivity index (χ1n) is 6.82. The average molecular weight is 363 g/mol. The molecular formula is C15H10FN3O5S. The molecule has 3 aromatic rings. The molecule has 0 fully saturated rings. The van der Waals surface area contributed by atoms with Crippen LogP contribution in [0.2, 0.25) is 0 Å². The first kappa shape index (κ1) is 16.7. The van der Waals surface area contributed by atoms with Crippen LogP contribution >= 0.6 is 0 Å². The van der Waals surface area contributed by atoms with Gasteiger partial charge in [-0.3, -0.25) is 10.1 Å². The van der Waals surface area contributed by atoms with Crippen LogP contribution in [0.4, 0.5) is 10.1 Å². The predicted molar refractivity (Wildman–Crippen MR) is 85.8 cm³/mol. The molecule has 0 radical (unpaired) electrons. The smallest absolute Gasteiger partial charge is 0.314 e. The highest BCUT2D eigenvalue weighted by Crippen LogP contribution is 2.34. The van der Waals surface area contributed by atoms with Gasteiger partial charge in [-0.05, 0) is 30.3 Å². The van der Waals surface area contributed by atoms with Gasteiger partial charge in [0.2, 0.25) is 11.6 Å². The average Bonchev–Trinajstić information content (AvgIpc) is 2.55. The fourth-order valence-corrected chi connectivity index (χ4v) is 2.79. The Balaban J connectivity index is 2.15. The molecule has 0 saturated carbocycles. The quantitative estimate of drug-likeness (QED) is 0.517. The van der Waals surface area contributed by atoms with E-state index in [0.29, 0.717) is 5.52 Å². The topological polar surface area (TPSA) is 112 Å². The highest BCUT2D eigenvalue weighted by Gasteiger charge is 2.19. The Kier molecular flexibility index (Phi) is 4.05. The molecule has 0 spiro atoms. The van der Waals surface area contributed by atoms with Crippen molar-refractivity contribution in [3.63, 3.8) is 0 Å². The van der Waals surface area contributed by atoms with Crippen LogP contribution in [0.3, 0.4) is 0 Å². The number of rotatable bonds is 4. The standard InChI is InChI=1S/C15H10FN3O5S/c1-25(22,23)10-3-4-12-11(7-10)15(18-8-17-12)24-14-5-2-9(16)6-13(14)19(20)21/h2-8H,1H3. The predicted octanol–water partition coefficient (Wildman–Crippen LogP) is 2.87. The summed E-state index contributed by atoms with van der Waals surface area (Å²) in [4.78, 5) is 18.2. The molecule has 25 heavy (non-hydrogen) atoms. The van der Waals surface area contributed by atoms with Crippen molar-refractivity contribution in [1.82, 2.24) is 9.97 Å². The lowest BCUT2D eigenvalue weighted by atomic mass is 10.2. The second-order valence-electron chi connectivity index (χ2n) is 5.10. The van der Waals surface area contributed by atoms with E-state index in [0.717, 1.165) is 24.5 Å². The summed E-state index contributed by atoms with van der Waals surface area (Å²) in [6, 6.07) is 7.00. The number of nitro groups is 1. The van der Waals surface area contributed by atoms with Gasteiger partial charge in [0.05, 0.1) is 26.8 Å². The number of benzene rings is 2. The van der Waals surface area contributed by atoms with Gasteiger partial charge in [-0.25, -0.2) is 22.8 Å². The van der Waals surface area contributed by atoms with Gasteiger partial charge in [-0.2, -0.15) is 0 Å². The number of hydrogen-bond acceptors (Lipinski definition) is 7. The molecule has 0 saturated heterocycles. The summed E-state index contributed by atoms with van der Waals surface area (Å²) in [5.41, 5.74) is -0.187. The minimum Gasteiger partial charge on any atom is -0.431 e. The zero-order valence-corrected chi connectivity index (χ0v) is 13.5. The molecule has 0 aliphatic heterocycles. The number of ether oxygens (including phenoxy) is 1. The zero-order valence-electron chi connectivity index (χ0n) is 12.7. The zero-order chi connectivity index (χ0) is 18.2. The molecule has 3 rings (SSSR count). The third-order valence-electron chi connectivity index (χ3n) is 3.32. The SMILES string of the molecule is CS(=O)(=O)c1ccc2ncnc(Oc3ccc(F)cc3[N+](=O)[O-])c2c1. The molecule has 0 aliphatic carbocycles. The summed E-state index contributed by atoms with van der Waals surface area (Å²) >= 11 is 0. The van der Waals surface area contributed by atoms with E-state index in [1.807, 2.05) is 0 Å². The number of fused-ring (bicyclic) bond motifs is 1. The Morgan fingerprint density at radius 2 is 1.92 bits per heavy atom. The van der Waals surface area contributed by atoms with Crippen molar-refractivity contribution in [2.24, 2.45) is 0 Å². The lowest BCUT2D eigenvalue weighted by molar-refractivity contribution is -0.385. The van der Waals surface area contributed by atoms with Gasteiger partial charge in [0, 0.05) is 6.26 Å². The largest absolute Gasteiger partial charge is 0.431 e. The Hall–Kier alpha value is -3.14. The maximum atomic E-state index is 13.2. The van der Waals surface area contributed by atoms with Gasteiger partial charge in [0.1, 0.15) is 12.1 Å². The van der Waals surface area contributed by atoms with Gasteiger partial charge in [0.15, 0.2) is 9.84 Å². The van der Waals surface area contributed by atoms with Gasteiger partial charge < -0.3 is 4.74 Å². The van der Waals surface area contributed by atoms with Crippen LogP contribution in [-0.4, -0.2) is 29.6 Å². The summed E-state index contributed by atoms with van der Waals surface area (Å²) in [6.45, 7) is 0. The number of hydrogen-bond donors (Lipinski definition) is 0. The molecule has 0 unspecified atom stereocenters. The van der Waals surface area contributed by atoms with E-state index >= 15 is 0 Å². The number of nitro benzene ring substituents is 1. The molecule has 0 bridgehead atoms. The fourth-order valence-electron chi connectivity index (χ4n) is 2.15. The number of sulfone groups is 1. The first-order chi connectivity index (χ1) is 11.8. The van der Waals surface area contributed by atoms with Crippen LogP contribution in [0.5, 0.6) is 11.6 Å². The van der Waals surface area contributed by atoms with Crippen molar-refractivity contribution in [2.45, 2.75) is 4.90 Å². The van der Waals surface area contributed by atoms with Crippen LogP contribution in [0.15, 0.2) is 47.6 Å². The molecular weight excluding hydrogens is 353 g/mol. The van der Waals surface area contributed by atoms with Crippen molar-refractivity contribution in [2.75, 3.05) is 6.26 Å². The summed E-state index contributed by atoms with van der Waals surface area (Å²) in [7, 11) is -3.48. The summed E-state index contributed by atoms with van der Waals surface area (Å²) in [6.07, 6.45) is 2.22. The minimum absolute atomic E-state index is 0.0215. The van der Waals surface area contributed by atoms with Crippen LogP contribution in [0.25, 0.3) is 10.9 Å². The van der Waals surface area contributed by atoms with Crippen molar-refractivity contribution in [1.29, 1.82) is 0 Å². The van der Waals surface area contributed by atoms with Crippen LogP contribution < -0.4 is 4.74 Å². The van der Waals surface area contributed by atoms with Crippen molar-refractivity contribution < 1.29 is 22.5 Å². The maximum Gasteiger partial charge on any atom is 0.314 e. The molecule has 10 heteroatoms. The Bertz CT molecular complexity index is 1100. The number of nitrogens with zero attached hydrogens (tertiary/aromatic N) is 3. The van der Waals surface area contributed by atoms with Crippen LogP contribution in [-0.2, 0) is 9.84 Å². The highest BCUT2D eigenvalue weighted by molar-refractivity contribution is 7.90. The lowest BCUT2D eigenvalue weighted by Crippen LogP contribution is -1.99. The summed E-state index contributed by atoms with van der Waals surface area (Å²) in [5, 5.41) is 11.3. The molecule has 1 heterocycles. The van der Waals surface area contributed by atoms with E-state index in [4.69, 9.17) is 4.74 Å². The molecule has 0 N–H and O–H groups in total. The summed E-state index contributed by atoms with van der Waals surface area (Å²) < 4.78 is 42.1. The Morgan fingerprint density at radius 3 is 2.60 bits per heavy atom. The van der Waals surface area contributed by atoms with E-state index in [9.17, 15) is 22.9 Å². The molecule has 0 atom stereocenters. The normalized spacial score (nSPS) is 11.4. The van der Waals surface area contributed by atoms with E-state index in [-0.39, 0.29) is 21.9 Å². The molecule has 0 aliphatic rings. The maximum absolute atomic E-state index is 13.2. The van der Waals surface area contributed by atoms with E-state index in [1.54, 1.807) is 0 Å². The lowest BCUT2D eigenvalue weighted by Gasteiger charge is -2.08. The Morgan fingerprint density at radius 1 is 1.16 bits per heavy atom. The van der Waals surface area contributed by atoms with Crippen LogP contribution in [0, 0.1) is 15.9 Å². The fraction of sp³-hybridized carbons (Fsp3) is 0.0667. The molecule has 128 valence electrons. The van der Waals surface area contributed by atoms with E-state index in [1.165, 1.54) is 24.5 Å².